The second-order valence-electron chi connectivity index (χ2n) is 6.35. The molecule has 1 heterocycles. The predicted octanol–water partition coefficient (Wildman–Crippen LogP) is 1.95. The van der Waals surface area contributed by atoms with Gasteiger partial charge in [0, 0.05) is 32.3 Å². The van der Waals surface area contributed by atoms with Crippen molar-refractivity contribution in [3.8, 4) is 11.5 Å². The zero-order valence-electron chi connectivity index (χ0n) is 17.6. The average molecular weight is 420 g/mol. The molecule has 0 radical (unpaired) electrons. The van der Waals surface area contributed by atoms with Crippen LogP contribution < -0.4 is 9.47 Å². The van der Waals surface area contributed by atoms with Crippen LogP contribution in [0.25, 0.3) is 6.08 Å². The van der Waals surface area contributed by atoms with Crippen LogP contribution in [0.3, 0.4) is 0 Å². The SMILES string of the molecule is CCOC(=O)N1CCN(C(=O)COC(=O)/C=C/c2ccc(OCC)c(OC)c2)CC1. The molecule has 1 saturated heterocycles. The minimum Gasteiger partial charge on any atom is -0.493 e. The van der Waals surface area contributed by atoms with Crippen molar-refractivity contribution in [1.29, 1.82) is 0 Å². The normalized spacial score (nSPS) is 13.8. The van der Waals surface area contributed by atoms with Crippen LogP contribution in [0, 0.1) is 0 Å². The van der Waals surface area contributed by atoms with Gasteiger partial charge in [-0.25, -0.2) is 9.59 Å². The summed E-state index contributed by atoms with van der Waals surface area (Å²) in [6.07, 6.45) is 2.44. The van der Waals surface area contributed by atoms with Crippen molar-refractivity contribution in [2.24, 2.45) is 0 Å². The van der Waals surface area contributed by atoms with Gasteiger partial charge in [-0.05, 0) is 37.6 Å². The molecule has 0 atom stereocenters. The van der Waals surface area contributed by atoms with Gasteiger partial charge in [0.2, 0.25) is 0 Å². The summed E-state index contributed by atoms with van der Waals surface area (Å²) < 4.78 is 20.7. The van der Waals surface area contributed by atoms with E-state index < -0.39 is 5.97 Å². The van der Waals surface area contributed by atoms with Gasteiger partial charge < -0.3 is 28.7 Å². The summed E-state index contributed by atoms with van der Waals surface area (Å²) >= 11 is 0. The van der Waals surface area contributed by atoms with Gasteiger partial charge in [0.25, 0.3) is 5.91 Å². The molecule has 0 N–H and O–H groups in total. The van der Waals surface area contributed by atoms with E-state index in [2.05, 4.69) is 0 Å². The van der Waals surface area contributed by atoms with Gasteiger partial charge >= 0.3 is 12.1 Å². The van der Waals surface area contributed by atoms with Crippen molar-refractivity contribution in [3.05, 3.63) is 29.8 Å². The molecule has 0 unspecified atom stereocenters. The van der Waals surface area contributed by atoms with Gasteiger partial charge in [-0.3, -0.25) is 4.79 Å². The van der Waals surface area contributed by atoms with Crippen LogP contribution in [0.1, 0.15) is 19.4 Å². The third-order valence-electron chi connectivity index (χ3n) is 4.40. The molecule has 1 aliphatic rings. The molecule has 30 heavy (non-hydrogen) atoms. The zero-order valence-corrected chi connectivity index (χ0v) is 17.6. The number of benzene rings is 1. The monoisotopic (exact) mass is 420 g/mol. The fourth-order valence-corrected chi connectivity index (χ4v) is 2.85. The fraction of sp³-hybridized carbons (Fsp3) is 0.476. The van der Waals surface area contributed by atoms with Gasteiger partial charge in [0.1, 0.15) is 0 Å². The number of carbonyl (C=O) groups is 3. The summed E-state index contributed by atoms with van der Waals surface area (Å²) in [6.45, 7) is 5.62. The second kappa shape index (κ2) is 11.7. The molecule has 1 fully saturated rings. The maximum atomic E-state index is 12.2. The molecule has 1 aliphatic heterocycles. The van der Waals surface area contributed by atoms with Crippen molar-refractivity contribution in [3.63, 3.8) is 0 Å². The minimum atomic E-state index is -0.624. The van der Waals surface area contributed by atoms with Gasteiger partial charge in [-0.15, -0.1) is 0 Å². The molecule has 1 aromatic rings. The third kappa shape index (κ3) is 6.68. The largest absolute Gasteiger partial charge is 0.493 e. The van der Waals surface area contributed by atoms with Crippen molar-refractivity contribution < 1.29 is 33.3 Å². The molecule has 2 amide bonds. The van der Waals surface area contributed by atoms with E-state index in [1.807, 2.05) is 6.92 Å². The summed E-state index contributed by atoms with van der Waals surface area (Å²) in [5.41, 5.74) is 0.730. The Labute approximate surface area is 176 Å². The Morgan fingerprint density at radius 2 is 1.67 bits per heavy atom. The quantitative estimate of drug-likeness (QED) is 0.469. The first-order chi connectivity index (χ1) is 14.5. The van der Waals surface area contributed by atoms with Gasteiger partial charge in [0.05, 0.1) is 20.3 Å². The Morgan fingerprint density at radius 3 is 2.30 bits per heavy atom. The fourth-order valence-electron chi connectivity index (χ4n) is 2.85. The van der Waals surface area contributed by atoms with Gasteiger partial charge in [-0.2, -0.15) is 0 Å². The molecule has 0 spiro atoms. The number of piperazine rings is 1. The lowest BCUT2D eigenvalue weighted by atomic mass is 10.2. The number of amides is 2. The van der Waals surface area contributed by atoms with E-state index >= 15 is 0 Å². The molecule has 0 bridgehead atoms. The Balaban J connectivity index is 1.79. The molecular weight excluding hydrogens is 392 g/mol. The first kappa shape index (κ1) is 23.1. The Bertz CT molecular complexity index is 771. The molecular formula is C21H28N2O7. The van der Waals surface area contributed by atoms with E-state index in [9.17, 15) is 14.4 Å². The summed E-state index contributed by atoms with van der Waals surface area (Å²) in [5, 5.41) is 0. The number of carbonyl (C=O) groups excluding carboxylic acids is 3. The van der Waals surface area contributed by atoms with Crippen molar-refractivity contribution in [2.45, 2.75) is 13.8 Å². The number of hydrogen-bond acceptors (Lipinski definition) is 7. The van der Waals surface area contributed by atoms with Crippen LogP contribution in [0.2, 0.25) is 0 Å². The molecule has 1 aromatic carbocycles. The van der Waals surface area contributed by atoms with Crippen LogP contribution in [0.15, 0.2) is 24.3 Å². The Kier molecular flexibility index (Phi) is 8.99. The molecule has 9 nitrogen and oxygen atoms in total. The zero-order chi connectivity index (χ0) is 21.9. The molecule has 164 valence electrons. The number of nitrogens with zero attached hydrogens (tertiary/aromatic N) is 2. The number of ether oxygens (including phenoxy) is 4. The smallest absolute Gasteiger partial charge is 0.409 e. The van der Waals surface area contributed by atoms with Crippen LogP contribution in [-0.2, 0) is 19.1 Å². The summed E-state index contributed by atoms with van der Waals surface area (Å²) in [4.78, 5) is 38.9. The van der Waals surface area contributed by atoms with Gasteiger partial charge in [0.15, 0.2) is 18.1 Å². The van der Waals surface area contributed by atoms with Crippen molar-refractivity contribution in [2.75, 3.05) is 53.1 Å². The molecule has 9 heteroatoms. The number of methoxy groups -OCH3 is 1. The number of hydrogen-bond donors (Lipinski definition) is 0. The average Bonchev–Trinajstić information content (AvgIpc) is 2.77. The number of esters is 1. The van der Waals surface area contributed by atoms with E-state index in [-0.39, 0.29) is 18.6 Å². The van der Waals surface area contributed by atoms with E-state index in [0.29, 0.717) is 50.9 Å². The van der Waals surface area contributed by atoms with E-state index in [4.69, 9.17) is 18.9 Å². The van der Waals surface area contributed by atoms with Crippen molar-refractivity contribution >= 4 is 24.0 Å². The third-order valence-corrected chi connectivity index (χ3v) is 4.40. The highest BCUT2D eigenvalue weighted by atomic mass is 16.6. The summed E-state index contributed by atoms with van der Waals surface area (Å²) in [7, 11) is 1.54. The topological polar surface area (TPSA) is 94.6 Å². The Morgan fingerprint density at radius 1 is 0.967 bits per heavy atom. The molecule has 2 rings (SSSR count). The predicted molar refractivity (Wildman–Crippen MR) is 109 cm³/mol. The van der Waals surface area contributed by atoms with Crippen LogP contribution in [0.4, 0.5) is 4.79 Å². The molecule has 0 saturated carbocycles. The Hall–Kier alpha value is -3.23. The van der Waals surface area contributed by atoms with Crippen LogP contribution >= 0.6 is 0 Å². The maximum absolute atomic E-state index is 12.2. The lowest BCUT2D eigenvalue weighted by Gasteiger charge is -2.33. The standard InChI is InChI=1S/C21H28N2O7/c1-4-28-17-8-6-16(14-18(17)27-3)7-9-20(25)30-15-19(24)22-10-12-23(13-11-22)21(26)29-5-2/h6-9,14H,4-5,10-13,15H2,1-3H3/b9-7+. The van der Waals surface area contributed by atoms with E-state index in [1.54, 1.807) is 41.0 Å². The first-order valence-corrected chi connectivity index (χ1v) is 9.83. The lowest BCUT2D eigenvalue weighted by Crippen LogP contribution is -2.51. The number of rotatable bonds is 8. The highest BCUT2D eigenvalue weighted by Crippen LogP contribution is 2.28. The highest BCUT2D eigenvalue weighted by Gasteiger charge is 2.25. The van der Waals surface area contributed by atoms with Crippen LogP contribution in [-0.4, -0.2) is 80.9 Å². The van der Waals surface area contributed by atoms with Gasteiger partial charge in [-0.1, -0.05) is 6.07 Å². The first-order valence-electron chi connectivity index (χ1n) is 9.83. The van der Waals surface area contributed by atoms with Crippen molar-refractivity contribution in [1.82, 2.24) is 9.80 Å². The second-order valence-corrected chi connectivity index (χ2v) is 6.35. The minimum absolute atomic E-state index is 0.303. The van der Waals surface area contributed by atoms with Crippen LogP contribution in [0.5, 0.6) is 11.5 Å². The van der Waals surface area contributed by atoms with E-state index in [1.165, 1.54) is 13.2 Å². The maximum Gasteiger partial charge on any atom is 0.409 e. The lowest BCUT2D eigenvalue weighted by molar-refractivity contribution is -0.148. The summed E-state index contributed by atoms with van der Waals surface area (Å²) in [5.74, 6) is 0.252. The summed E-state index contributed by atoms with van der Waals surface area (Å²) in [6, 6.07) is 5.28. The molecule has 0 aliphatic carbocycles. The molecule has 0 aromatic heterocycles. The highest BCUT2D eigenvalue weighted by molar-refractivity contribution is 5.89. The van der Waals surface area contributed by atoms with E-state index in [0.717, 1.165) is 5.56 Å².